The summed E-state index contributed by atoms with van der Waals surface area (Å²) in [6.45, 7) is 0. The van der Waals surface area contributed by atoms with Crippen molar-refractivity contribution in [1.82, 2.24) is 14.9 Å². The van der Waals surface area contributed by atoms with Crippen LogP contribution >= 0.6 is 22.9 Å². The third-order valence-corrected chi connectivity index (χ3v) is 4.31. The zero-order chi connectivity index (χ0) is 15.5. The minimum atomic E-state index is -0.329. The smallest absolute Gasteiger partial charge is 0.252 e. The van der Waals surface area contributed by atoms with Gasteiger partial charge in [0.05, 0.1) is 5.56 Å². The topological polar surface area (TPSA) is 46.9 Å². The van der Waals surface area contributed by atoms with Crippen LogP contribution < -0.4 is 5.32 Å². The normalized spacial score (nSPS) is 12.1. The number of thiophene rings is 1. The number of nitrogens with one attached hydrogen (secondary N) is 1. The van der Waals surface area contributed by atoms with Gasteiger partial charge in [-0.25, -0.2) is 4.98 Å². The van der Waals surface area contributed by atoms with Crippen LogP contribution in [0.5, 0.6) is 0 Å². The molecule has 0 aliphatic carbocycles. The van der Waals surface area contributed by atoms with E-state index in [0.717, 1.165) is 11.4 Å². The molecule has 0 saturated heterocycles. The maximum atomic E-state index is 12.4. The molecule has 0 aliphatic rings. The van der Waals surface area contributed by atoms with E-state index in [-0.39, 0.29) is 11.9 Å². The van der Waals surface area contributed by atoms with Crippen LogP contribution in [0.25, 0.3) is 0 Å². The molecule has 1 atom stereocenters. The van der Waals surface area contributed by atoms with Crippen molar-refractivity contribution in [1.29, 1.82) is 0 Å². The molecule has 2 heterocycles. The maximum Gasteiger partial charge on any atom is 0.252 e. The van der Waals surface area contributed by atoms with Crippen LogP contribution in [0.15, 0.2) is 53.5 Å². The summed E-state index contributed by atoms with van der Waals surface area (Å²) in [5.74, 6) is 0.648. The molecule has 22 heavy (non-hydrogen) atoms. The summed E-state index contributed by atoms with van der Waals surface area (Å²) in [4.78, 5) is 16.8. The number of imidazole rings is 1. The monoisotopic (exact) mass is 331 g/mol. The third-order valence-electron chi connectivity index (χ3n) is 3.38. The van der Waals surface area contributed by atoms with E-state index in [1.54, 1.807) is 12.3 Å². The second kappa shape index (κ2) is 6.34. The van der Waals surface area contributed by atoms with Crippen LogP contribution in [0, 0.1) is 0 Å². The Morgan fingerprint density at radius 3 is 2.68 bits per heavy atom. The Balaban J connectivity index is 1.95. The molecule has 0 unspecified atom stereocenters. The van der Waals surface area contributed by atoms with E-state index in [4.69, 9.17) is 11.6 Å². The van der Waals surface area contributed by atoms with Gasteiger partial charge in [0, 0.05) is 29.8 Å². The molecular weight excluding hydrogens is 318 g/mol. The number of amides is 1. The number of aromatic nitrogens is 2. The summed E-state index contributed by atoms with van der Waals surface area (Å²) >= 11 is 7.45. The third kappa shape index (κ3) is 3.05. The van der Waals surface area contributed by atoms with Crippen LogP contribution in [-0.2, 0) is 7.05 Å². The van der Waals surface area contributed by atoms with Gasteiger partial charge < -0.3 is 9.88 Å². The number of aryl methyl sites for hydroxylation is 1. The quantitative estimate of drug-likeness (QED) is 0.793. The van der Waals surface area contributed by atoms with Crippen molar-refractivity contribution in [3.8, 4) is 0 Å². The van der Waals surface area contributed by atoms with Crippen LogP contribution in [-0.4, -0.2) is 15.5 Å². The molecule has 0 saturated carbocycles. The maximum absolute atomic E-state index is 12.4. The summed E-state index contributed by atoms with van der Waals surface area (Å²) in [5.41, 5.74) is 1.58. The Kier molecular flexibility index (Phi) is 4.27. The molecule has 112 valence electrons. The number of carbonyl (C=O) groups excluding carboxylic acids is 1. The minimum Gasteiger partial charge on any atom is -0.338 e. The molecule has 1 amide bonds. The van der Waals surface area contributed by atoms with E-state index in [2.05, 4.69) is 10.3 Å². The van der Waals surface area contributed by atoms with E-state index in [1.165, 1.54) is 11.3 Å². The van der Waals surface area contributed by atoms with Gasteiger partial charge in [-0.2, -0.15) is 11.3 Å². The number of rotatable bonds is 4. The van der Waals surface area contributed by atoms with Crippen molar-refractivity contribution < 1.29 is 4.79 Å². The number of nitrogens with zero attached hydrogens (tertiary/aromatic N) is 2. The van der Waals surface area contributed by atoms with Crippen molar-refractivity contribution in [2.75, 3.05) is 0 Å². The zero-order valence-electron chi connectivity index (χ0n) is 11.9. The lowest BCUT2D eigenvalue weighted by atomic mass is 10.1. The summed E-state index contributed by atoms with van der Waals surface area (Å²) in [6, 6.07) is 8.89. The molecule has 0 fully saturated rings. The lowest BCUT2D eigenvalue weighted by Gasteiger charge is -2.19. The Bertz CT molecular complexity index is 765. The van der Waals surface area contributed by atoms with Crippen molar-refractivity contribution in [2.45, 2.75) is 6.04 Å². The predicted octanol–water partition coefficient (Wildman–Crippen LogP) is 3.65. The number of halogens is 1. The first-order valence-electron chi connectivity index (χ1n) is 6.71. The van der Waals surface area contributed by atoms with Gasteiger partial charge in [-0.1, -0.05) is 23.7 Å². The van der Waals surface area contributed by atoms with Crippen molar-refractivity contribution in [2.24, 2.45) is 7.05 Å². The Morgan fingerprint density at radius 1 is 1.32 bits per heavy atom. The molecule has 4 nitrogen and oxygen atoms in total. The van der Waals surface area contributed by atoms with E-state index in [9.17, 15) is 4.79 Å². The highest BCUT2D eigenvalue weighted by Gasteiger charge is 2.21. The number of carbonyl (C=O) groups is 1. The standard InChI is InChI=1S/C16H14ClN3OS/c1-20-8-7-18-15(20)14(11-2-4-13(17)5-3-11)19-16(21)12-6-9-22-10-12/h2-10,14H,1H3,(H,19,21)/t14-/m0/s1. The molecular formula is C16H14ClN3OS. The fraction of sp³-hybridized carbons (Fsp3) is 0.125. The van der Waals surface area contributed by atoms with Crippen LogP contribution in [0.1, 0.15) is 27.8 Å². The first-order chi connectivity index (χ1) is 10.6. The number of hydrogen-bond acceptors (Lipinski definition) is 3. The SMILES string of the molecule is Cn1ccnc1[C@@H](NC(=O)c1ccsc1)c1ccc(Cl)cc1. The summed E-state index contributed by atoms with van der Waals surface area (Å²) in [5, 5.41) is 7.41. The van der Waals surface area contributed by atoms with Gasteiger partial charge in [-0.05, 0) is 29.1 Å². The van der Waals surface area contributed by atoms with Gasteiger partial charge in [0.15, 0.2) is 0 Å². The molecule has 0 radical (unpaired) electrons. The fourth-order valence-electron chi connectivity index (χ4n) is 2.22. The summed E-state index contributed by atoms with van der Waals surface area (Å²) < 4.78 is 1.90. The van der Waals surface area contributed by atoms with E-state index in [0.29, 0.717) is 10.6 Å². The van der Waals surface area contributed by atoms with Crippen molar-refractivity contribution >= 4 is 28.8 Å². The van der Waals surface area contributed by atoms with Gasteiger partial charge >= 0.3 is 0 Å². The molecule has 0 bridgehead atoms. The van der Waals surface area contributed by atoms with Crippen LogP contribution in [0.2, 0.25) is 5.02 Å². The van der Waals surface area contributed by atoms with E-state index >= 15 is 0 Å². The molecule has 1 aromatic carbocycles. The fourth-order valence-corrected chi connectivity index (χ4v) is 2.98. The largest absolute Gasteiger partial charge is 0.338 e. The molecule has 0 aliphatic heterocycles. The van der Waals surface area contributed by atoms with Gasteiger partial charge in [0.1, 0.15) is 11.9 Å². The predicted molar refractivity (Wildman–Crippen MR) is 88.3 cm³/mol. The van der Waals surface area contributed by atoms with Crippen molar-refractivity contribution in [3.63, 3.8) is 0 Å². The highest BCUT2D eigenvalue weighted by molar-refractivity contribution is 7.08. The van der Waals surface area contributed by atoms with Crippen molar-refractivity contribution in [3.05, 3.63) is 75.5 Å². The first-order valence-corrected chi connectivity index (χ1v) is 8.03. The molecule has 3 aromatic rings. The second-order valence-electron chi connectivity index (χ2n) is 4.87. The molecule has 6 heteroatoms. The Labute approximate surface area is 137 Å². The zero-order valence-corrected chi connectivity index (χ0v) is 13.4. The number of hydrogen-bond donors (Lipinski definition) is 1. The lowest BCUT2D eigenvalue weighted by Crippen LogP contribution is -2.30. The van der Waals surface area contributed by atoms with E-state index < -0.39 is 0 Å². The first kappa shape index (κ1) is 14.8. The van der Waals surface area contributed by atoms with Gasteiger partial charge in [-0.15, -0.1) is 0 Å². The van der Waals surface area contributed by atoms with Gasteiger partial charge in [0.25, 0.3) is 5.91 Å². The van der Waals surface area contributed by atoms with Crippen LogP contribution in [0.4, 0.5) is 0 Å². The highest BCUT2D eigenvalue weighted by atomic mass is 35.5. The molecule has 1 N–H and O–H groups in total. The molecule has 0 spiro atoms. The minimum absolute atomic E-state index is 0.121. The summed E-state index contributed by atoms with van der Waals surface area (Å²) in [7, 11) is 1.90. The summed E-state index contributed by atoms with van der Waals surface area (Å²) in [6.07, 6.45) is 3.57. The number of benzene rings is 1. The molecule has 2 aromatic heterocycles. The van der Waals surface area contributed by atoms with Crippen LogP contribution in [0.3, 0.4) is 0 Å². The molecule has 3 rings (SSSR count). The second-order valence-corrected chi connectivity index (χ2v) is 6.08. The Morgan fingerprint density at radius 2 is 2.09 bits per heavy atom. The Hall–Kier alpha value is -2.11. The van der Waals surface area contributed by atoms with Gasteiger partial charge in [0.2, 0.25) is 0 Å². The van der Waals surface area contributed by atoms with E-state index in [1.807, 2.05) is 52.8 Å². The average Bonchev–Trinajstić information content (AvgIpc) is 3.17. The highest BCUT2D eigenvalue weighted by Crippen LogP contribution is 2.23. The lowest BCUT2D eigenvalue weighted by molar-refractivity contribution is 0.0941. The average molecular weight is 332 g/mol. The van der Waals surface area contributed by atoms with Gasteiger partial charge in [-0.3, -0.25) is 4.79 Å².